The van der Waals surface area contributed by atoms with Gasteiger partial charge in [0.15, 0.2) is 0 Å². The van der Waals surface area contributed by atoms with Gasteiger partial charge < -0.3 is 5.73 Å². The van der Waals surface area contributed by atoms with Crippen LogP contribution >= 0.6 is 11.3 Å². The molecule has 0 amide bonds. The largest absolute Gasteiger partial charge is 0.317 e. The topological polar surface area (TPSA) is 51.8 Å². The Morgan fingerprint density at radius 2 is 2.00 bits per heavy atom. The molecule has 0 saturated heterocycles. The zero-order valence-corrected chi connectivity index (χ0v) is 7.74. The zero-order valence-electron chi connectivity index (χ0n) is 6.92. The van der Waals surface area contributed by atoms with Crippen LogP contribution in [0.2, 0.25) is 0 Å². The molecule has 0 spiro atoms. The molecule has 1 atom stereocenters. The maximum absolute atomic E-state index is 5.95. The highest BCUT2D eigenvalue weighted by Crippen LogP contribution is 2.20. The number of thiophene rings is 1. The fourth-order valence-electron chi connectivity index (χ4n) is 1.07. The fraction of sp³-hybridized carbons (Fsp3) is 0.111. The van der Waals surface area contributed by atoms with Crippen molar-refractivity contribution >= 4 is 11.3 Å². The minimum Gasteiger partial charge on any atom is -0.317 e. The Balaban J connectivity index is 2.29. The molecule has 1 unspecified atom stereocenters. The first-order valence-electron chi connectivity index (χ1n) is 3.94. The van der Waals surface area contributed by atoms with E-state index in [9.17, 15) is 0 Å². The van der Waals surface area contributed by atoms with Crippen LogP contribution in [0.1, 0.15) is 16.7 Å². The number of aromatic nitrogens is 2. The van der Waals surface area contributed by atoms with Crippen LogP contribution < -0.4 is 5.73 Å². The quantitative estimate of drug-likeness (QED) is 0.784. The van der Waals surface area contributed by atoms with Crippen LogP contribution in [0.3, 0.4) is 0 Å². The lowest BCUT2D eigenvalue weighted by molar-refractivity contribution is 0.795. The van der Waals surface area contributed by atoms with Crippen molar-refractivity contribution in [2.45, 2.75) is 6.04 Å². The molecule has 0 saturated carbocycles. The van der Waals surface area contributed by atoms with Crippen LogP contribution in [0, 0.1) is 0 Å². The lowest BCUT2D eigenvalue weighted by Crippen LogP contribution is -2.13. The van der Waals surface area contributed by atoms with Gasteiger partial charge in [0.05, 0.1) is 6.04 Å². The summed E-state index contributed by atoms with van der Waals surface area (Å²) in [6.45, 7) is 0. The lowest BCUT2D eigenvalue weighted by Gasteiger charge is -2.06. The number of hydrogen-bond donors (Lipinski definition) is 1. The Morgan fingerprint density at radius 1 is 1.23 bits per heavy atom. The molecule has 0 fully saturated rings. The van der Waals surface area contributed by atoms with Crippen molar-refractivity contribution in [2.24, 2.45) is 5.73 Å². The number of nitrogens with two attached hydrogens (primary N) is 1. The van der Waals surface area contributed by atoms with Gasteiger partial charge in [-0.15, -0.1) is 11.3 Å². The third kappa shape index (κ3) is 1.74. The van der Waals surface area contributed by atoms with E-state index in [1.165, 1.54) is 0 Å². The maximum atomic E-state index is 5.95. The van der Waals surface area contributed by atoms with Gasteiger partial charge >= 0.3 is 0 Å². The Kier molecular flexibility index (Phi) is 2.33. The highest BCUT2D eigenvalue weighted by molar-refractivity contribution is 7.10. The monoisotopic (exact) mass is 191 g/mol. The minimum absolute atomic E-state index is 0.193. The van der Waals surface area contributed by atoms with Gasteiger partial charge in [-0.2, -0.15) is 0 Å². The van der Waals surface area contributed by atoms with E-state index >= 15 is 0 Å². The molecule has 4 heteroatoms. The van der Waals surface area contributed by atoms with E-state index in [0.717, 1.165) is 4.88 Å². The van der Waals surface area contributed by atoms with E-state index in [2.05, 4.69) is 9.97 Å². The third-order valence-electron chi connectivity index (χ3n) is 1.71. The molecule has 0 bridgehead atoms. The van der Waals surface area contributed by atoms with Gasteiger partial charge in [0.25, 0.3) is 0 Å². The Bertz CT molecular complexity index is 358. The third-order valence-corrected chi connectivity index (χ3v) is 2.67. The molecule has 2 N–H and O–H groups in total. The minimum atomic E-state index is -0.193. The molecule has 66 valence electrons. The van der Waals surface area contributed by atoms with E-state index in [-0.39, 0.29) is 6.04 Å². The van der Waals surface area contributed by atoms with Gasteiger partial charge in [-0.1, -0.05) is 6.07 Å². The van der Waals surface area contributed by atoms with E-state index in [0.29, 0.717) is 5.82 Å². The van der Waals surface area contributed by atoms with E-state index in [1.807, 2.05) is 17.5 Å². The van der Waals surface area contributed by atoms with Crippen molar-refractivity contribution in [1.29, 1.82) is 0 Å². The van der Waals surface area contributed by atoms with Gasteiger partial charge in [-0.05, 0) is 17.5 Å². The van der Waals surface area contributed by atoms with Crippen LogP contribution in [-0.2, 0) is 0 Å². The molecule has 0 aliphatic carbocycles. The Hall–Kier alpha value is -1.26. The Labute approximate surface area is 80.3 Å². The molecule has 3 nitrogen and oxygen atoms in total. The summed E-state index contributed by atoms with van der Waals surface area (Å²) in [5.41, 5.74) is 5.95. The van der Waals surface area contributed by atoms with Gasteiger partial charge in [-0.3, -0.25) is 0 Å². The van der Waals surface area contributed by atoms with Crippen molar-refractivity contribution in [1.82, 2.24) is 9.97 Å². The SMILES string of the molecule is NC(c1ncccn1)c1cccs1. The fourth-order valence-corrected chi connectivity index (χ4v) is 1.79. The summed E-state index contributed by atoms with van der Waals surface area (Å²) < 4.78 is 0. The molecule has 0 aromatic carbocycles. The average Bonchev–Trinajstić information content (AvgIpc) is 2.71. The molecular weight excluding hydrogens is 182 g/mol. The highest BCUT2D eigenvalue weighted by Gasteiger charge is 2.11. The summed E-state index contributed by atoms with van der Waals surface area (Å²) in [6.07, 6.45) is 3.41. The summed E-state index contributed by atoms with van der Waals surface area (Å²) in [5.74, 6) is 0.671. The summed E-state index contributed by atoms with van der Waals surface area (Å²) in [7, 11) is 0. The zero-order chi connectivity index (χ0) is 9.10. The van der Waals surface area contributed by atoms with Crippen LogP contribution in [0.5, 0.6) is 0 Å². The first-order valence-corrected chi connectivity index (χ1v) is 4.82. The molecule has 13 heavy (non-hydrogen) atoms. The van der Waals surface area contributed by atoms with Gasteiger partial charge in [0.1, 0.15) is 5.82 Å². The first kappa shape index (κ1) is 8.34. The molecule has 0 radical (unpaired) electrons. The van der Waals surface area contributed by atoms with E-state index in [4.69, 9.17) is 5.73 Å². The Morgan fingerprint density at radius 3 is 2.62 bits per heavy atom. The first-order chi connectivity index (χ1) is 6.38. The molecule has 2 aromatic rings. The molecular formula is C9H9N3S. The maximum Gasteiger partial charge on any atom is 0.150 e. The normalized spacial score (nSPS) is 12.7. The molecule has 0 aliphatic heterocycles. The van der Waals surface area contributed by atoms with Crippen molar-refractivity contribution in [3.8, 4) is 0 Å². The summed E-state index contributed by atoms with van der Waals surface area (Å²) in [6, 6.07) is 5.56. The van der Waals surface area contributed by atoms with E-state index < -0.39 is 0 Å². The molecule has 0 aliphatic rings. The number of rotatable bonds is 2. The lowest BCUT2D eigenvalue weighted by atomic mass is 10.2. The van der Waals surface area contributed by atoms with Crippen LogP contribution in [0.15, 0.2) is 36.0 Å². The second-order valence-corrected chi connectivity index (χ2v) is 3.58. The molecule has 2 heterocycles. The summed E-state index contributed by atoms with van der Waals surface area (Å²) in [4.78, 5) is 9.30. The van der Waals surface area contributed by atoms with Crippen LogP contribution in [0.25, 0.3) is 0 Å². The van der Waals surface area contributed by atoms with Crippen LogP contribution in [-0.4, -0.2) is 9.97 Å². The van der Waals surface area contributed by atoms with Crippen molar-refractivity contribution in [3.05, 3.63) is 46.7 Å². The smallest absolute Gasteiger partial charge is 0.150 e. The second kappa shape index (κ2) is 3.64. The van der Waals surface area contributed by atoms with Gasteiger partial charge in [0.2, 0.25) is 0 Å². The van der Waals surface area contributed by atoms with E-state index in [1.54, 1.807) is 29.8 Å². The molecule has 2 rings (SSSR count). The van der Waals surface area contributed by atoms with Crippen molar-refractivity contribution in [3.63, 3.8) is 0 Å². The number of nitrogens with zero attached hydrogens (tertiary/aromatic N) is 2. The summed E-state index contributed by atoms with van der Waals surface area (Å²) >= 11 is 1.62. The van der Waals surface area contributed by atoms with Gasteiger partial charge in [0, 0.05) is 17.3 Å². The van der Waals surface area contributed by atoms with Crippen LogP contribution in [0.4, 0.5) is 0 Å². The summed E-state index contributed by atoms with van der Waals surface area (Å²) in [5, 5.41) is 2.00. The average molecular weight is 191 g/mol. The predicted octanol–water partition coefficient (Wildman–Crippen LogP) is 1.59. The predicted molar refractivity (Wildman–Crippen MR) is 52.4 cm³/mol. The van der Waals surface area contributed by atoms with Crippen molar-refractivity contribution < 1.29 is 0 Å². The number of hydrogen-bond acceptors (Lipinski definition) is 4. The van der Waals surface area contributed by atoms with Crippen molar-refractivity contribution in [2.75, 3.05) is 0 Å². The molecule has 2 aromatic heterocycles. The van der Waals surface area contributed by atoms with Gasteiger partial charge in [-0.25, -0.2) is 9.97 Å². The highest BCUT2D eigenvalue weighted by atomic mass is 32.1. The standard InChI is InChI=1S/C9H9N3S/c10-8(7-3-1-6-13-7)9-11-4-2-5-12-9/h1-6,8H,10H2. The second-order valence-electron chi connectivity index (χ2n) is 2.60.